The van der Waals surface area contributed by atoms with Crippen LogP contribution in [0.15, 0.2) is 18.2 Å². The van der Waals surface area contributed by atoms with Crippen LogP contribution in [0.4, 0.5) is 4.39 Å². The molecule has 0 aliphatic carbocycles. The highest BCUT2D eigenvalue weighted by atomic mass is 35.5. The standard InChI is InChI=1S/C10H13ClFN.CH5N/c1-7(2)13-6-8-3-4-9(11)10(12)5-8;1-2/h3-5,7,13H,6H2,1-2H3;2H2,1H3. The Hall–Kier alpha value is -0.640. The molecule has 4 heteroatoms. The summed E-state index contributed by atoms with van der Waals surface area (Å²) >= 11 is 5.55. The molecule has 0 unspecified atom stereocenters. The molecule has 0 radical (unpaired) electrons. The highest BCUT2D eigenvalue weighted by Gasteiger charge is 2.00. The molecule has 0 atom stereocenters. The van der Waals surface area contributed by atoms with Gasteiger partial charge in [0, 0.05) is 12.6 Å². The van der Waals surface area contributed by atoms with Crippen molar-refractivity contribution in [3.05, 3.63) is 34.6 Å². The van der Waals surface area contributed by atoms with Crippen LogP contribution in [-0.2, 0) is 6.54 Å². The summed E-state index contributed by atoms with van der Waals surface area (Å²) in [6.07, 6.45) is 0. The molecule has 0 aromatic heterocycles. The number of nitrogens with one attached hydrogen (secondary N) is 1. The van der Waals surface area contributed by atoms with Crippen molar-refractivity contribution < 1.29 is 4.39 Å². The minimum Gasteiger partial charge on any atom is -0.333 e. The van der Waals surface area contributed by atoms with E-state index in [1.807, 2.05) is 19.9 Å². The summed E-state index contributed by atoms with van der Waals surface area (Å²) in [5.41, 5.74) is 5.41. The van der Waals surface area contributed by atoms with E-state index < -0.39 is 0 Å². The highest BCUT2D eigenvalue weighted by Crippen LogP contribution is 2.15. The van der Waals surface area contributed by atoms with Crippen LogP contribution in [0.1, 0.15) is 19.4 Å². The van der Waals surface area contributed by atoms with Gasteiger partial charge in [-0.15, -0.1) is 0 Å². The van der Waals surface area contributed by atoms with Gasteiger partial charge in [0.05, 0.1) is 5.02 Å². The molecule has 2 nitrogen and oxygen atoms in total. The Balaban J connectivity index is 0.000000921. The average molecular weight is 233 g/mol. The van der Waals surface area contributed by atoms with Gasteiger partial charge in [-0.1, -0.05) is 31.5 Å². The molecule has 15 heavy (non-hydrogen) atoms. The Kier molecular flexibility index (Phi) is 7.30. The van der Waals surface area contributed by atoms with Gasteiger partial charge < -0.3 is 11.1 Å². The number of nitrogens with two attached hydrogens (primary N) is 1. The fourth-order valence-electron chi connectivity index (χ4n) is 0.972. The fraction of sp³-hybridized carbons (Fsp3) is 0.455. The molecule has 0 spiro atoms. The molecular weight excluding hydrogens is 215 g/mol. The van der Waals surface area contributed by atoms with Gasteiger partial charge in [-0.3, -0.25) is 0 Å². The van der Waals surface area contributed by atoms with Crippen LogP contribution in [0.5, 0.6) is 0 Å². The third-order valence-electron chi connectivity index (χ3n) is 1.70. The molecule has 0 bridgehead atoms. The van der Waals surface area contributed by atoms with E-state index in [4.69, 9.17) is 11.6 Å². The Morgan fingerprint density at radius 2 is 2.00 bits per heavy atom. The van der Waals surface area contributed by atoms with Crippen molar-refractivity contribution in [3.63, 3.8) is 0 Å². The molecule has 3 N–H and O–H groups in total. The minimum atomic E-state index is -0.357. The maximum atomic E-state index is 12.9. The molecule has 1 aromatic rings. The van der Waals surface area contributed by atoms with Gasteiger partial charge in [0.2, 0.25) is 0 Å². The van der Waals surface area contributed by atoms with Gasteiger partial charge in [-0.2, -0.15) is 0 Å². The van der Waals surface area contributed by atoms with Crippen molar-refractivity contribution >= 4 is 11.6 Å². The zero-order valence-electron chi connectivity index (χ0n) is 9.35. The topological polar surface area (TPSA) is 38.0 Å². The van der Waals surface area contributed by atoms with Gasteiger partial charge in [-0.25, -0.2) is 4.39 Å². The molecule has 0 fully saturated rings. The van der Waals surface area contributed by atoms with E-state index in [0.29, 0.717) is 12.6 Å². The monoisotopic (exact) mass is 232 g/mol. The van der Waals surface area contributed by atoms with Crippen LogP contribution in [0.25, 0.3) is 0 Å². The van der Waals surface area contributed by atoms with Crippen LogP contribution < -0.4 is 11.1 Å². The average Bonchev–Trinajstić information content (AvgIpc) is 2.23. The third-order valence-corrected chi connectivity index (χ3v) is 2.00. The first-order valence-electron chi connectivity index (χ1n) is 4.84. The van der Waals surface area contributed by atoms with E-state index in [9.17, 15) is 4.39 Å². The van der Waals surface area contributed by atoms with Crippen molar-refractivity contribution in [3.8, 4) is 0 Å². The number of halogens is 2. The second-order valence-electron chi connectivity index (χ2n) is 3.28. The Morgan fingerprint density at radius 1 is 1.40 bits per heavy atom. The Labute approximate surface area is 95.6 Å². The first-order valence-corrected chi connectivity index (χ1v) is 5.22. The maximum Gasteiger partial charge on any atom is 0.142 e. The smallest absolute Gasteiger partial charge is 0.142 e. The van der Waals surface area contributed by atoms with Crippen molar-refractivity contribution in [1.29, 1.82) is 0 Å². The number of rotatable bonds is 3. The summed E-state index contributed by atoms with van der Waals surface area (Å²) in [5.74, 6) is -0.357. The van der Waals surface area contributed by atoms with E-state index in [0.717, 1.165) is 5.56 Å². The summed E-state index contributed by atoms with van der Waals surface area (Å²) < 4.78 is 12.9. The largest absolute Gasteiger partial charge is 0.333 e. The van der Waals surface area contributed by atoms with Gasteiger partial charge in [-0.05, 0) is 24.7 Å². The first-order chi connectivity index (χ1) is 7.09. The molecule has 0 amide bonds. The van der Waals surface area contributed by atoms with Crippen molar-refractivity contribution in [1.82, 2.24) is 5.32 Å². The lowest BCUT2D eigenvalue weighted by Gasteiger charge is -2.08. The molecule has 86 valence electrons. The lowest BCUT2D eigenvalue weighted by Crippen LogP contribution is -2.21. The minimum absolute atomic E-state index is 0.174. The Morgan fingerprint density at radius 3 is 2.47 bits per heavy atom. The SMILES string of the molecule is CC(C)NCc1ccc(Cl)c(F)c1.CN. The zero-order valence-corrected chi connectivity index (χ0v) is 10.1. The van der Waals surface area contributed by atoms with E-state index in [2.05, 4.69) is 11.1 Å². The van der Waals surface area contributed by atoms with Crippen LogP contribution >= 0.6 is 11.6 Å². The van der Waals surface area contributed by atoms with Crippen LogP contribution in [0, 0.1) is 5.82 Å². The molecule has 0 aliphatic heterocycles. The number of hydrogen-bond acceptors (Lipinski definition) is 2. The molecular formula is C11H18ClFN2. The second kappa shape index (κ2) is 7.63. The van der Waals surface area contributed by atoms with Crippen molar-refractivity contribution in [2.45, 2.75) is 26.4 Å². The molecule has 1 aromatic carbocycles. The van der Waals surface area contributed by atoms with E-state index >= 15 is 0 Å². The predicted octanol–water partition coefficient (Wildman–Crippen LogP) is 2.55. The maximum absolute atomic E-state index is 12.9. The van der Waals surface area contributed by atoms with E-state index in [-0.39, 0.29) is 10.8 Å². The highest BCUT2D eigenvalue weighted by molar-refractivity contribution is 6.30. The lowest BCUT2D eigenvalue weighted by molar-refractivity contribution is 0.581. The van der Waals surface area contributed by atoms with Gasteiger partial charge >= 0.3 is 0 Å². The lowest BCUT2D eigenvalue weighted by atomic mass is 10.2. The van der Waals surface area contributed by atoms with Crippen LogP contribution in [0.2, 0.25) is 5.02 Å². The van der Waals surface area contributed by atoms with Gasteiger partial charge in [0.15, 0.2) is 0 Å². The quantitative estimate of drug-likeness (QED) is 0.841. The Bertz CT molecular complexity index is 290. The molecule has 0 saturated heterocycles. The third kappa shape index (κ3) is 5.72. The zero-order chi connectivity index (χ0) is 11.8. The van der Waals surface area contributed by atoms with E-state index in [1.165, 1.54) is 13.1 Å². The molecule has 1 rings (SSSR count). The van der Waals surface area contributed by atoms with Crippen molar-refractivity contribution in [2.75, 3.05) is 7.05 Å². The fourth-order valence-corrected chi connectivity index (χ4v) is 1.09. The summed E-state index contributed by atoms with van der Waals surface area (Å²) in [7, 11) is 1.50. The van der Waals surface area contributed by atoms with Crippen LogP contribution in [-0.4, -0.2) is 13.1 Å². The summed E-state index contributed by atoms with van der Waals surface area (Å²) in [5, 5.41) is 3.37. The van der Waals surface area contributed by atoms with E-state index in [1.54, 1.807) is 6.07 Å². The van der Waals surface area contributed by atoms with Crippen LogP contribution in [0.3, 0.4) is 0 Å². The van der Waals surface area contributed by atoms with Crippen molar-refractivity contribution in [2.24, 2.45) is 5.73 Å². The molecule has 0 aliphatic rings. The number of benzene rings is 1. The number of hydrogen-bond donors (Lipinski definition) is 2. The summed E-state index contributed by atoms with van der Waals surface area (Å²) in [6, 6.07) is 5.26. The normalized spacial score (nSPS) is 9.80. The first kappa shape index (κ1) is 14.4. The summed E-state index contributed by atoms with van der Waals surface area (Å²) in [4.78, 5) is 0. The summed E-state index contributed by atoms with van der Waals surface area (Å²) in [6.45, 7) is 4.77. The molecule has 0 heterocycles. The second-order valence-corrected chi connectivity index (χ2v) is 3.69. The van der Waals surface area contributed by atoms with Gasteiger partial charge in [0.1, 0.15) is 5.82 Å². The predicted molar refractivity (Wildman–Crippen MR) is 63.5 cm³/mol. The van der Waals surface area contributed by atoms with Gasteiger partial charge in [0.25, 0.3) is 0 Å². The molecule has 0 saturated carbocycles.